The minimum atomic E-state index is -4.42. The van der Waals surface area contributed by atoms with Gasteiger partial charge >= 0.3 is 16.1 Å². The van der Waals surface area contributed by atoms with E-state index >= 15 is 0 Å². The number of benzene rings is 2. The smallest absolute Gasteiger partial charge is 0.362 e. The Morgan fingerprint density at radius 2 is 1.82 bits per heavy atom. The fraction of sp³-hybridized carbons (Fsp3) is 0.227. The van der Waals surface area contributed by atoms with Crippen molar-refractivity contribution in [1.82, 2.24) is 9.78 Å². The number of esters is 1. The Hall–Kier alpha value is -3.18. The highest BCUT2D eigenvalue weighted by molar-refractivity contribution is 9.10. The Bertz CT molecular complexity index is 1380. The third-order valence-corrected chi connectivity index (χ3v) is 6.45. The quantitative estimate of drug-likeness (QED) is 0.332. The predicted molar refractivity (Wildman–Crippen MR) is 124 cm³/mol. The lowest BCUT2D eigenvalue weighted by molar-refractivity contribution is 0.0515. The molecule has 11 heteroatoms. The highest BCUT2D eigenvalue weighted by Gasteiger charge is 2.27. The van der Waals surface area contributed by atoms with E-state index in [1.165, 1.54) is 13.2 Å². The van der Waals surface area contributed by atoms with Crippen molar-refractivity contribution in [2.45, 2.75) is 25.7 Å². The first-order valence-corrected chi connectivity index (χ1v) is 11.9. The monoisotopic (exact) mass is 536 g/mol. The van der Waals surface area contributed by atoms with Gasteiger partial charge in [0.2, 0.25) is 5.69 Å². The lowest BCUT2D eigenvalue weighted by Gasteiger charge is -2.15. The predicted octanol–water partition coefficient (Wildman–Crippen LogP) is 3.56. The van der Waals surface area contributed by atoms with Crippen molar-refractivity contribution in [2.75, 3.05) is 13.7 Å². The molecule has 3 rings (SSSR count). The molecule has 33 heavy (non-hydrogen) atoms. The van der Waals surface area contributed by atoms with Gasteiger partial charge in [0.15, 0.2) is 5.75 Å². The summed E-state index contributed by atoms with van der Waals surface area (Å²) in [7, 11) is -2.95. The van der Waals surface area contributed by atoms with E-state index in [0.717, 1.165) is 10.7 Å². The van der Waals surface area contributed by atoms with Crippen molar-refractivity contribution in [3.05, 3.63) is 74.1 Å². The summed E-state index contributed by atoms with van der Waals surface area (Å²) in [5, 5.41) is 4.05. The molecule has 0 atom stereocenters. The van der Waals surface area contributed by atoms with Crippen LogP contribution in [-0.4, -0.2) is 37.9 Å². The van der Waals surface area contributed by atoms with E-state index in [4.69, 9.17) is 13.7 Å². The number of nitrogens with zero attached hydrogens (tertiary/aromatic N) is 2. The molecule has 0 aliphatic rings. The summed E-state index contributed by atoms with van der Waals surface area (Å²) in [5.41, 5.74) is 0.137. The summed E-state index contributed by atoms with van der Waals surface area (Å²) in [6, 6.07) is 10.5. The zero-order chi connectivity index (χ0) is 24.3. The van der Waals surface area contributed by atoms with Gasteiger partial charge in [0.05, 0.1) is 25.5 Å². The van der Waals surface area contributed by atoms with E-state index in [1.54, 1.807) is 51.1 Å². The van der Waals surface area contributed by atoms with E-state index in [2.05, 4.69) is 21.0 Å². The van der Waals surface area contributed by atoms with E-state index in [1.807, 2.05) is 0 Å². The van der Waals surface area contributed by atoms with Crippen LogP contribution in [0.15, 0.2) is 56.6 Å². The van der Waals surface area contributed by atoms with Gasteiger partial charge in [0.25, 0.3) is 5.56 Å². The Kier molecular flexibility index (Phi) is 7.23. The van der Waals surface area contributed by atoms with Gasteiger partial charge in [0, 0.05) is 4.47 Å². The number of carbonyl (C=O) groups is 1. The first-order valence-electron chi connectivity index (χ1n) is 9.74. The molecule has 0 aliphatic carbocycles. The summed E-state index contributed by atoms with van der Waals surface area (Å²) in [5.74, 6) is -0.955. The maximum atomic E-state index is 13.1. The fourth-order valence-corrected chi connectivity index (χ4v) is 4.67. The Labute approximate surface area is 199 Å². The normalized spacial score (nSPS) is 11.2. The maximum Gasteiger partial charge on any atom is 0.362 e. The number of hydrogen-bond donors (Lipinski definition) is 0. The third kappa shape index (κ3) is 5.25. The number of ether oxygens (including phenoxy) is 2. The molecule has 9 nitrogen and oxygen atoms in total. The number of methoxy groups -OCH3 is 1. The number of carbonyl (C=O) groups excluding carboxylic acids is 1. The SMILES string of the molecule is CCOC(=O)c1nn(-c2cccc(Br)c2)c(=O)cc1OS(=O)(=O)c1cc(C)c(OC)cc1C. The number of aryl methyl sites for hydroxylation is 2. The summed E-state index contributed by atoms with van der Waals surface area (Å²) in [6.45, 7) is 4.86. The number of rotatable bonds is 7. The molecule has 3 aromatic rings. The van der Waals surface area contributed by atoms with Crippen LogP contribution >= 0.6 is 15.9 Å². The Morgan fingerprint density at radius 1 is 1.09 bits per heavy atom. The zero-order valence-corrected chi connectivity index (χ0v) is 20.7. The van der Waals surface area contributed by atoms with Crippen LogP contribution in [0, 0.1) is 13.8 Å². The summed E-state index contributed by atoms with van der Waals surface area (Å²) in [4.78, 5) is 25.2. The number of aromatic nitrogens is 2. The second kappa shape index (κ2) is 9.75. The first kappa shape index (κ1) is 24.5. The van der Waals surface area contributed by atoms with Crippen LogP contribution in [0.2, 0.25) is 0 Å². The van der Waals surface area contributed by atoms with Gasteiger partial charge < -0.3 is 13.7 Å². The van der Waals surface area contributed by atoms with E-state index in [-0.39, 0.29) is 11.5 Å². The molecule has 2 aromatic carbocycles. The van der Waals surface area contributed by atoms with Crippen molar-refractivity contribution in [3.63, 3.8) is 0 Å². The highest BCUT2D eigenvalue weighted by atomic mass is 79.9. The van der Waals surface area contributed by atoms with Crippen molar-refractivity contribution >= 4 is 32.0 Å². The molecule has 0 fully saturated rings. The molecule has 0 amide bonds. The molecule has 1 aromatic heterocycles. The average molecular weight is 537 g/mol. The van der Waals surface area contributed by atoms with E-state index in [9.17, 15) is 18.0 Å². The van der Waals surface area contributed by atoms with Gasteiger partial charge in [-0.15, -0.1) is 0 Å². The minimum absolute atomic E-state index is 0.0134. The Morgan fingerprint density at radius 3 is 2.45 bits per heavy atom. The Balaban J connectivity index is 2.14. The lowest BCUT2D eigenvalue weighted by atomic mass is 10.1. The molecule has 0 radical (unpaired) electrons. The number of hydrogen-bond acceptors (Lipinski definition) is 8. The van der Waals surface area contributed by atoms with Crippen LogP contribution in [0.4, 0.5) is 0 Å². The largest absolute Gasteiger partial charge is 0.496 e. The third-order valence-electron chi connectivity index (χ3n) is 4.58. The second-order valence-corrected chi connectivity index (χ2v) is 9.36. The van der Waals surface area contributed by atoms with Crippen molar-refractivity contribution in [3.8, 4) is 17.2 Å². The molecule has 0 saturated carbocycles. The molecule has 174 valence electrons. The second-order valence-electron chi connectivity index (χ2n) is 6.93. The molecule has 0 unspecified atom stereocenters. The summed E-state index contributed by atoms with van der Waals surface area (Å²) < 4.78 is 43.2. The molecule has 0 aliphatic heterocycles. The van der Waals surface area contributed by atoms with Crippen molar-refractivity contribution in [1.29, 1.82) is 0 Å². The van der Waals surface area contributed by atoms with E-state index in [0.29, 0.717) is 27.0 Å². The number of halogens is 1. The van der Waals surface area contributed by atoms with Gasteiger partial charge in [0.1, 0.15) is 10.6 Å². The van der Waals surface area contributed by atoms with Crippen LogP contribution < -0.4 is 14.5 Å². The fourth-order valence-electron chi connectivity index (χ4n) is 3.05. The van der Waals surface area contributed by atoms with Crippen molar-refractivity contribution in [2.24, 2.45) is 0 Å². The van der Waals surface area contributed by atoms with Crippen LogP contribution in [0.5, 0.6) is 11.5 Å². The zero-order valence-electron chi connectivity index (χ0n) is 18.3. The van der Waals surface area contributed by atoms with Crippen LogP contribution in [0.1, 0.15) is 28.5 Å². The molecule has 0 bridgehead atoms. The molecular weight excluding hydrogens is 516 g/mol. The topological polar surface area (TPSA) is 114 Å². The van der Waals surface area contributed by atoms with Gasteiger partial charge in [-0.25, -0.2) is 4.79 Å². The van der Waals surface area contributed by atoms with Crippen LogP contribution in [0.25, 0.3) is 5.69 Å². The standard InChI is InChI=1S/C22H21BrN2O7S/c1-5-31-22(27)21-18(12-20(26)25(24-21)16-8-6-7-15(23)11-16)32-33(28,29)19-10-13(2)17(30-4)9-14(19)3/h6-12H,5H2,1-4H3. The summed E-state index contributed by atoms with van der Waals surface area (Å²) in [6.07, 6.45) is 0. The van der Waals surface area contributed by atoms with Gasteiger partial charge in [-0.2, -0.15) is 18.2 Å². The minimum Gasteiger partial charge on any atom is -0.496 e. The molecule has 0 spiro atoms. The molecule has 1 heterocycles. The maximum absolute atomic E-state index is 13.1. The molecule has 0 saturated heterocycles. The van der Waals surface area contributed by atoms with Crippen LogP contribution in [-0.2, 0) is 14.9 Å². The molecular formula is C22H21BrN2O7S. The lowest BCUT2D eigenvalue weighted by Crippen LogP contribution is -2.26. The molecule has 0 N–H and O–H groups in total. The van der Waals surface area contributed by atoms with Crippen molar-refractivity contribution < 1.29 is 26.9 Å². The van der Waals surface area contributed by atoms with Gasteiger partial charge in [-0.3, -0.25) is 4.79 Å². The van der Waals surface area contributed by atoms with Crippen LogP contribution in [0.3, 0.4) is 0 Å². The van der Waals surface area contributed by atoms with E-state index < -0.39 is 33.1 Å². The summed E-state index contributed by atoms with van der Waals surface area (Å²) >= 11 is 3.31. The average Bonchev–Trinajstić information content (AvgIpc) is 2.75. The van der Waals surface area contributed by atoms with Gasteiger partial charge in [-0.1, -0.05) is 22.0 Å². The highest BCUT2D eigenvalue weighted by Crippen LogP contribution is 2.28. The first-order chi connectivity index (χ1) is 15.6. The van der Waals surface area contributed by atoms with Gasteiger partial charge in [-0.05, 0) is 62.2 Å².